The van der Waals surface area contributed by atoms with Crippen molar-refractivity contribution < 1.29 is 40.8 Å². The first kappa shape index (κ1) is 31.4. The van der Waals surface area contributed by atoms with Gasteiger partial charge >= 0.3 is 21.6 Å². The fourth-order valence-corrected chi connectivity index (χ4v) is 3.26. The van der Waals surface area contributed by atoms with Crippen molar-refractivity contribution in [2.45, 2.75) is 18.3 Å². The van der Waals surface area contributed by atoms with Crippen LogP contribution in [0.1, 0.15) is 12.0 Å². The van der Waals surface area contributed by atoms with E-state index >= 15 is 0 Å². The number of esters is 1. The van der Waals surface area contributed by atoms with Crippen molar-refractivity contribution in [3.8, 4) is 0 Å². The Hall–Kier alpha value is -2.86. The molecule has 11 nitrogen and oxygen atoms in total. The summed E-state index contributed by atoms with van der Waals surface area (Å²) in [6, 6.07) is 7.21. The molecule has 1 aliphatic heterocycles. The molecule has 0 bridgehead atoms. The lowest BCUT2D eigenvalue weighted by atomic mass is 10.2. The topological polar surface area (TPSA) is 160 Å². The van der Waals surface area contributed by atoms with E-state index < -0.39 is 15.6 Å². The summed E-state index contributed by atoms with van der Waals surface area (Å²) in [6.45, 7) is 0.428. The van der Waals surface area contributed by atoms with Crippen molar-refractivity contribution in [3.63, 3.8) is 0 Å². The number of aliphatic hydroxyl groups excluding tert-OH is 1. The van der Waals surface area contributed by atoms with Gasteiger partial charge in [-0.1, -0.05) is 31.9 Å². The molecule has 4 rings (SSSR count). The molecule has 0 aliphatic carbocycles. The maximum absolute atomic E-state index is 11.8. The molecular weight excluding hydrogens is 669 g/mol. The summed E-state index contributed by atoms with van der Waals surface area (Å²) in [7, 11) is -5.84. The SMILES string of the molecule is O=C1OCC/C1=C\Nc1cc(Br)ccn1.O=S(=O)(O)C(F)(F)F.O=c1c(CCO)cnc2cc(Br)ccn12. The number of pyridine rings is 2. The van der Waals surface area contributed by atoms with Crippen LogP contribution in [-0.2, 0) is 26.1 Å². The molecule has 3 N–H and O–H groups in total. The van der Waals surface area contributed by atoms with Gasteiger partial charge in [-0.05, 0) is 24.3 Å². The Morgan fingerprint density at radius 3 is 2.37 bits per heavy atom. The number of cyclic esters (lactones) is 1. The zero-order valence-electron chi connectivity index (χ0n) is 19.0. The Morgan fingerprint density at radius 1 is 1.16 bits per heavy atom. The van der Waals surface area contributed by atoms with E-state index in [2.05, 4.69) is 47.1 Å². The fraction of sp³-hybridized carbons (Fsp3) is 0.238. The quantitative estimate of drug-likeness (QED) is 0.160. The van der Waals surface area contributed by atoms with E-state index in [0.29, 0.717) is 42.1 Å². The fourth-order valence-electron chi connectivity index (χ4n) is 2.60. The summed E-state index contributed by atoms with van der Waals surface area (Å²) in [4.78, 5) is 31.2. The second-order valence-corrected chi connectivity index (χ2v) is 10.4. The number of aromatic nitrogens is 3. The highest BCUT2D eigenvalue weighted by Crippen LogP contribution is 2.20. The Kier molecular flexibility index (Phi) is 11.4. The predicted molar refractivity (Wildman–Crippen MR) is 137 cm³/mol. The van der Waals surface area contributed by atoms with Gasteiger partial charge in [0.1, 0.15) is 11.5 Å². The number of carbonyl (C=O) groups excluding carboxylic acids is 1. The van der Waals surface area contributed by atoms with E-state index in [1.807, 2.05) is 12.1 Å². The predicted octanol–water partition coefficient (Wildman–Crippen LogP) is 3.47. The summed E-state index contributed by atoms with van der Waals surface area (Å²) >= 11 is 6.65. The molecule has 0 saturated carbocycles. The highest BCUT2D eigenvalue weighted by Gasteiger charge is 2.44. The summed E-state index contributed by atoms with van der Waals surface area (Å²) in [5.41, 5.74) is -3.89. The zero-order valence-corrected chi connectivity index (χ0v) is 23.0. The van der Waals surface area contributed by atoms with Crippen LogP contribution in [0.5, 0.6) is 0 Å². The maximum Gasteiger partial charge on any atom is 0.522 e. The van der Waals surface area contributed by atoms with E-state index in [0.717, 1.165) is 8.95 Å². The van der Waals surface area contributed by atoms with E-state index in [4.69, 9.17) is 22.8 Å². The Bertz CT molecular complexity index is 1480. The molecule has 4 heterocycles. The van der Waals surface area contributed by atoms with Crippen LogP contribution in [0.3, 0.4) is 0 Å². The standard InChI is InChI=1S/2C10H9BrN2O2.CHF3O3S/c11-8-1-3-13-9(5-8)12-6-7(2-4-14)10(13)15;11-8-1-3-12-9(5-8)13-6-7-2-4-15-10(7)14;2-1(3,4)8(5,6)7/h1,3,5-6,14H,2,4H2;1,3,5-6H,2,4H2,(H,12,13);(H,5,6,7)/b;7-6+;. The first-order chi connectivity index (χ1) is 17.7. The molecule has 206 valence electrons. The van der Waals surface area contributed by atoms with Gasteiger partial charge in [-0.3, -0.25) is 13.7 Å². The molecule has 0 aromatic carbocycles. The van der Waals surface area contributed by atoms with Crippen molar-refractivity contribution in [3.05, 3.63) is 79.5 Å². The second kappa shape index (κ2) is 13.8. The first-order valence-electron chi connectivity index (χ1n) is 10.3. The first-order valence-corrected chi connectivity index (χ1v) is 13.3. The Labute approximate surface area is 230 Å². The highest BCUT2D eigenvalue weighted by molar-refractivity contribution is 9.10. The van der Waals surface area contributed by atoms with Crippen LogP contribution in [-0.4, -0.2) is 57.1 Å². The maximum atomic E-state index is 11.8. The van der Waals surface area contributed by atoms with Gasteiger partial charge in [0, 0.05) is 58.7 Å². The lowest BCUT2D eigenvalue weighted by Gasteiger charge is -2.02. The third-order valence-corrected chi connectivity index (χ3v) is 5.97. The molecular formula is C21H19Br2F3N4O7S. The Morgan fingerprint density at radius 2 is 1.82 bits per heavy atom. The number of hydrogen-bond donors (Lipinski definition) is 3. The van der Waals surface area contributed by atoms with E-state index in [9.17, 15) is 22.8 Å². The molecule has 0 spiro atoms. The smallest absolute Gasteiger partial charge is 0.462 e. The van der Waals surface area contributed by atoms with Crippen molar-refractivity contribution in [2.24, 2.45) is 0 Å². The number of ether oxygens (including phenoxy) is 1. The molecule has 0 atom stereocenters. The molecule has 1 aliphatic rings. The number of alkyl halides is 3. The van der Waals surface area contributed by atoms with E-state index in [1.54, 1.807) is 30.7 Å². The summed E-state index contributed by atoms with van der Waals surface area (Å²) in [5, 5.41) is 11.7. The largest absolute Gasteiger partial charge is 0.522 e. The molecule has 3 aromatic heterocycles. The van der Waals surface area contributed by atoms with Crippen LogP contribution in [0.2, 0.25) is 0 Å². The lowest BCUT2D eigenvalue weighted by molar-refractivity contribution is -0.135. The zero-order chi connectivity index (χ0) is 28.5. The van der Waals surface area contributed by atoms with Crippen molar-refractivity contribution in [1.82, 2.24) is 14.4 Å². The van der Waals surface area contributed by atoms with Crippen LogP contribution < -0.4 is 10.9 Å². The van der Waals surface area contributed by atoms with E-state index in [1.165, 1.54) is 10.6 Å². The van der Waals surface area contributed by atoms with Crippen LogP contribution in [0.4, 0.5) is 19.0 Å². The number of carbonyl (C=O) groups is 1. The average Bonchev–Trinajstić information content (AvgIpc) is 3.24. The summed E-state index contributed by atoms with van der Waals surface area (Å²) < 4.78 is 65.6. The van der Waals surface area contributed by atoms with E-state index in [-0.39, 0.29) is 18.1 Å². The van der Waals surface area contributed by atoms with Gasteiger partial charge in [-0.2, -0.15) is 21.6 Å². The highest BCUT2D eigenvalue weighted by atomic mass is 79.9. The third-order valence-electron chi connectivity index (χ3n) is 4.40. The molecule has 0 unspecified atom stereocenters. The van der Waals surface area contributed by atoms with Crippen LogP contribution in [0, 0.1) is 0 Å². The molecule has 38 heavy (non-hydrogen) atoms. The molecule has 3 aromatic rings. The minimum Gasteiger partial charge on any atom is -0.462 e. The van der Waals surface area contributed by atoms with Crippen LogP contribution in [0.25, 0.3) is 5.65 Å². The number of aliphatic hydroxyl groups is 1. The summed E-state index contributed by atoms with van der Waals surface area (Å²) in [6.07, 6.45) is 7.49. The molecule has 17 heteroatoms. The number of fused-ring (bicyclic) bond motifs is 1. The van der Waals surface area contributed by atoms with Crippen LogP contribution >= 0.6 is 31.9 Å². The monoisotopic (exact) mass is 686 g/mol. The third kappa shape index (κ3) is 9.46. The van der Waals surface area contributed by atoms with Gasteiger partial charge in [0.2, 0.25) is 0 Å². The van der Waals surface area contributed by atoms with Gasteiger partial charge in [0.05, 0.1) is 12.2 Å². The number of rotatable bonds is 4. The number of halogens is 5. The van der Waals surface area contributed by atoms with Crippen molar-refractivity contribution >= 4 is 59.4 Å². The molecule has 1 fully saturated rings. The average molecular weight is 688 g/mol. The van der Waals surface area contributed by atoms with Gasteiger partial charge in [-0.15, -0.1) is 0 Å². The van der Waals surface area contributed by atoms with Gasteiger partial charge in [0.25, 0.3) is 5.56 Å². The lowest BCUT2D eigenvalue weighted by Crippen LogP contribution is -2.21. The number of anilines is 1. The molecule has 0 amide bonds. The Balaban J connectivity index is 0.000000211. The minimum absolute atomic E-state index is 0.0421. The van der Waals surface area contributed by atoms with Crippen molar-refractivity contribution in [2.75, 3.05) is 18.5 Å². The molecule has 1 saturated heterocycles. The summed E-state index contributed by atoms with van der Waals surface area (Å²) in [5.74, 6) is 0.439. The number of nitrogens with zero attached hydrogens (tertiary/aromatic N) is 3. The van der Waals surface area contributed by atoms with Crippen molar-refractivity contribution in [1.29, 1.82) is 0 Å². The minimum atomic E-state index is -5.84. The molecule has 0 radical (unpaired) electrons. The van der Waals surface area contributed by atoms with Gasteiger partial charge < -0.3 is 15.2 Å². The second-order valence-electron chi connectivity index (χ2n) is 7.12. The normalized spacial score (nSPS) is 14.3. The number of nitrogens with one attached hydrogen (secondary N) is 1. The number of hydrogen-bond acceptors (Lipinski definition) is 9. The van der Waals surface area contributed by atoms with Crippen LogP contribution in [0.15, 0.2) is 68.4 Å². The van der Waals surface area contributed by atoms with Gasteiger partial charge in [0.15, 0.2) is 0 Å². The van der Waals surface area contributed by atoms with Gasteiger partial charge in [-0.25, -0.2) is 14.8 Å².